The van der Waals surface area contributed by atoms with Crippen LogP contribution in [0, 0.1) is 12.1 Å². The number of nitrogens with zero attached hydrogens (tertiary/aromatic N) is 3. The Kier molecular flexibility index (Phi) is 6.43. The van der Waals surface area contributed by atoms with Crippen LogP contribution in [0.3, 0.4) is 0 Å². The zero-order chi connectivity index (χ0) is 24.6. The van der Waals surface area contributed by atoms with Gasteiger partial charge in [0.25, 0.3) is 0 Å². The van der Waals surface area contributed by atoms with E-state index in [9.17, 15) is 0 Å². The van der Waals surface area contributed by atoms with E-state index in [-0.39, 0.29) is 20.1 Å². The van der Waals surface area contributed by atoms with Gasteiger partial charge in [-0.2, -0.15) is 0 Å². The van der Waals surface area contributed by atoms with E-state index in [0.717, 1.165) is 28.2 Å². The fourth-order valence-corrected chi connectivity index (χ4v) is 5.19. The number of benzene rings is 4. The van der Waals surface area contributed by atoms with Crippen molar-refractivity contribution in [3.05, 3.63) is 140 Å². The minimum absolute atomic E-state index is 0. The third kappa shape index (κ3) is 3.95. The minimum Gasteiger partial charge on any atom is -0.350 e. The molecule has 4 heterocycles. The topological polar surface area (TPSA) is 30.7 Å². The Hall–Kier alpha value is -4.37. The molecule has 0 bridgehead atoms. The molecule has 7 aromatic rings. The molecule has 3 aromatic heterocycles. The molecule has 1 radical (unpaired) electrons. The van der Waals surface area contributed by atoms with Gasteiger partial charge in [-0.3, -0.25) is 0 Å². The Morgan fingerprint density at radius 2 is 1.37 bits per heavy atom. The van der Waals surface area contributed by atoms with Gasteiger partial charge in [0.1, 0.15) is 0 Å². The third-order valence-electron chi connectivity index (χ3n) is 6.75. The van der Waals surface area contributed by atoms with Crippen LogP contribution in [0.4, 0.5) is 0 Å². The van der Waals surface area contributed by atoms with Crippen molar-refractivity contribution in [1.82, 2.24) is 14.5 Å². The first-order valence-electron chi connectivity index (χ1n) is 12.3. The average Bonchev–Trinajstić information content (AvgIpc) is 3.26. The molecule has 0 saturated heterocycles. The molecule has 1 aliphatic heterocycles. The summed E-state index contributed by atoms with van der Waals surface area (Å²) in [4.78, 5) is 8.92. The van der Waals surface area contributed by atoms with Crippen LogP contribution in [0.25, 0.3) is 61.1 Å². The summed E-state index contributed by atoms with van der Waals surface area (Å²) in [5, 5.41) is 2.56. The number of para-hydroxylation sites is 2. The summed E-state index contributed by atoms with van der Waals surface area (Å²) in [6.45, 7) is 0. The second-order valence-electron chi connectivity index (χ2n) is 8.88. The number of fused-ring (bicyclic) bond motifs is 8. The number of hydrogen-bond donors (Lipinski definition) is 0. The van der Waals surface area contributed by atoms with Gasteiger partial charge in [0, 0.05) is 48.8 Å². The summed E-state index contributed by atoms with van der Waals surface area (Å²) in [5.74, 6) is 0. The molecule has 0 amide bonds. The standard InChI is InChI=1S/C23H13N2.C11H8N.Ir/c1-3-12-20-15(7-1)17-9-5-10-18-16-11-6-14-24-22(16)19-8-2-4-13-21(19)25(20)23(17)18;1-2-6-10(7-3-1)11-8-4-5-9-12-11;/h1-7,9-14H;1-6,8-9H;/q2*-1;. The van der Waals surface area contributed by atoms with Gasteiger partial charge in [-0.1, -0.05) is 54.6 Å². The maximum atomic E-state index is 4.71. The van der Waals surface area contributed by atoms with Crippen LogP contribution in [0.2, 0.25) is 0 Å². The van der Waals surface area contributed by atoms with E-state index in [1.807, 2.05) is 60.8 Å². The van der Waals surface area contributed by atoms with Gasteiger partial charge >= 0.3 is 0 Å². The first-order chi connectivity index (χ1) is 18.4. The van der Waals surface area contributed by atoms with Crippen LogP contribution in [0.15, 0.2) is 128 Å². The minimum atomic E-state index is 0. The van der Waals surface area contributed by atoms with Crippen molar-refractivity contribution in [2.24, 2.45) is 0 Å². The molecule has 0 unspecified atom stereocenters. The summed E-state index contributed by atoms with van der Waals surface area (Å²) >= 11 is 0. The van der Waals surface area contributed by atoms with Crippen LogP contribution < -0.4 is 0 Å². The molecule has 183 valence electrons. The SMILES string of the molecule is [Ir].[c-]1cccc2c1-c1ncccc1-c1cccc3c4ccccc4n-2c13.[c-]1ccccc1-c1ccccn1. The normalized spacial score (nSPS) is 10.9. The van der Waals surface area contributed by atoms with E-state index in [1.54, 1.807) is 6.20 Å². The second kappa shape index (κ2) is 10.2. The van der Waals surface area contributed by atoms with Gasteiger partial charge < -0.3 is 14.5 Å². The first-order valence-corrected chi connectivity index (χ1v) is 12.3. The third-order valence-corrected chi connectivity index (χ3v) is 6.75. The van der Waals surface area contributed by atoms with Gasteiger partial charge in [-0.25, -0.2) is 0 Å². The van der Waals surface area contributed by atoms with E-state index >= 15 is 0 Å². The molecule has 4 aromatic carbocycles. The maximum absolute atomic E-state index is 4.71. The van der Waals surface area contributed by atoms with Crippen molar-refractivity contribution < 1.29 is 20.1 Å². The van der Waals surface area contributed by atoms with Crippen LogP contribution in [-0.2, 0) is 20.1 Å². The second-order valence-corrected chi connectivity index (χ2v) is 8.88. The van der Waals surface area contributed by atoms with E-state index in [2.05, 4.69) is 82.3 Å². The van der Waals surface area contributed by atoms with Crippen molar-refractivity contribution in [2.45, 2.75) is 0 Å². The fourth-order valence-electron chi connectivity index (χ4n) is 5.19. The van der Waals surface area contributed by atoms with Gasteiger partial charge in [-0.15, -0.1) is 65.7 Å². The van der Waals surface area contributed by atoms with Crippen LogP contribution in [0.1, 0.15) is 0 Å². The van der Waals surface area contributed by atoms with Crippen molar-refractivity contribution in [2.75, 3.05) is 0 Å². The first kappa shape index (κ1) is 24.0. The molecule has 3 nitrogen and oxygen atoms in total. The molecule has 1 aliphatic rings. The van der Waals surface area contributed by atoms with Gasteiger partial charge in [0.15, 0.2) is 0 Å². The molecule has 0 saturated carbocycles. The van der Waals surface area contributed by atoms with E-state index in [4.69, 9.17) is 4.98 Å². The summed E-state index contributed by atoms with van der Waals surface area (Å²) in [7, 11) is 0. The van der Waals surface area contributed by atoms with Gasteiger partial charge in [0.2, 0.25) is 0 Å². The molecular formula is C34H21IrN3-2. The number of rotatable bonds is 1. The smallest absolute Gasteiger partial charge is 0.0524 e. The Labute approximate surface area is 234 Å². The molecule has 8 rings (SSSR count). The van der Waals surface area contributed by atoms with Crippen LogP contribution in [0.5, 0.6) is 0 Å². The number of pyridine rings is 2. The molecule has 38 heavy (non-hydrogen) atoms. The monoisotopic (exact) mass is 664 g/mol. The Balaban J connectivity index is 0.000000172. The molecule has 4 heteroatoms. The quantitative estimate of drug-likeness (QED) is 0.166. The Morgan fingerprint density at radius 1 is 0.579 bits per heavy atom. The van der Waals surface area contributed by atoms with Crippen molar-refractivity contribution in [3.63, 3.8) is 0 Å². The van der Waals surface area contributed by atoms with Crippen LogP contribution >= 0.6 is 0 Å². The van der Waals surface area contributed by atoms with E-state index in [0.29, 0.717) is 0 Å². The summed E-state index contributed by atoms with van der Waals surface area (Å²) in [6.07, 6.45) is 3.65. The fraction of sp³-hybridized carbons (Fsp3) is 0. The number of aromatic nitrogens is 3. The molecular weight excluding hydrogens is 643 g/mol. The Morgan fingerprint density at radius 3 is 2.24 bits per heavy atom. The molecule has 0 fully saturated rings. The Bertz CT molecular complexity index is 1840. The van der Waals surface area contributed by atoms with Gasteiger partial charge in [-0.05, 0) is 46.4 Å². The maximum Gasteiger partial charge on any atom is 0.0524 e. The molecule has 0 atom stereocenters. The van der Waals surface area contributed by atoms with Crippen molar-refractivity contribution >= 4 is 21.8 Å². The number of hydrogen-bond acceptors (Lipinski definition) is 2. The average molecular weight is 664 g/mol. The molecule has 0 N–H and O–H groups in total. The predicted molar refractivity (Wildman–Crippen MR) is 150 cm³/mol. The van der Waals surface area contributed by atoms with Gasteiger partial charge in [0.05, 0.1) is 5.52 Å². The zero-order valence-corrected chi connectivity index (χ0v) is 22.7. The van der Waals surface area contributed by atoms with Crippen molar-refractivity contribution in [3.8, 4) is 39.3 Å². The molecule has 0 aliphatic carbocycles. The summed E-state index contributed by atoms with van der Waals surface area (Å²) < 4.78 is 2.37. The zero-order valence-electron chi connectivity index (χ0n) is 20.3. The van der Waals surface area contributed by atoms with Crippen LogP contribution in [-0.4, -0.2) is 14.5 Å². The predicted octanol–water partition coefficient (Wildman–Crippen LogP) is 8.17. The largest absolute Gasteiger partial charge is 0.350 e. The molecule has 0 spiro atoms. The summed E-state index contributed by atoms with van der Waals surface area (Å²) in [5.41, 5.74) is 10.1. The van der Waals surface area contributed by atoms with E-state index in [1.165, 1.54) is 32.9 Å². The van der Waals surface area contributed by atoms with Crippen molar-refractivity contribution in [1.29, 1.82) is 0 Å². The summed E-state index contributed by atoms with van der Waals surface area (Å²) in [6, 6.07) is 45.8. The van der Waals surface area contributed by atoms with E-state index < -0.39 is 0 Å².